The van der Waals surface area contributed by atoms with Gasteiger partial charge < -0.3 is 10.2 Å². The molecule has 0 aliphatic heterocycles. The maximum atomic E-state index is 12.1. The van der Waals surface area contributed by atoms with Crippen molar-refractivity contribution < 1.29 is 80.0 Å². The minimum atomic E-state index is -2.33. The number of rotatable bonds is 4. The molecule has 0 fully saturated rings. The predicted octanol–water partition coefficient (Wildman–Crippen LogP) is 7.86. The second kappa shape index (κ2) is 18.6. The second-order valence-corrected chi connectivity index (χ2v) is 7.92. The number of hydrogen-bond acceptors (Lipinski definition) is 2. The molecule has 0 bridgehead atoms. The second-order valence-electron chi connectivity index (χ2n) is 7.92. The van der Waals surface area contributed by atoms with Gasteiger partial charge in [-0.2, -0.15) is 12.2 Å². The van der Waals surface area contributed by atoms with Gasteiger partial charge in [0, 0.05) is 0 Å². The van der Waals surface area contributed by atoms with E-state index < -0.39 is 69.7 Å². The molecular formula is C28H22F10HfO2. The van der Waals surface area contributed by atoms with Crippen LogP contribution in [0.4, 0.5) is 43.9 Å². The zero-order valence-electron chi connectivity index (χ0n) is 21.6. The Hall–Kier alpha value is -2.83. The number of hydrogen-bond donors (Lipinski definition) is 0. The summed E-state index contributed by atoms with van der Waals surface area (Å²) < 4.78 is 121. The van der Waals surface area contributed by atoms with E-state index in [1.54, 1.807) is 0 Å². The van der Waals surface area contributed by atoms with Gasteiger partial charge in [0.1, 0.15) is 0 Å². The third kappa shape index (κ3) is 10.8. The molecule has 0 radical (unpaired) electrons. The molecule has 2 nitrogen and oxygen atoms in total. The fourth-order valence-electron chi connectivity index (χ4n) is 2.95. The van der Waals surface area contributed by atoms with Gasteiger partial charge in [0.2, 0.25) is 0 Å². The van der Waals surface area contributed by atoms with Crippen LogP contribution < -0.4 is 10.2 Å². The maximum absolute atomic E-state index is 12.1. The van der Waals surface area contributed by atoms with E-state index in [4.69, 9.17) is 0 Å². The van der Waals surface area contributed by atoms with Crippen molar-refractivity contribution >= 4 is 0 Å². The molecule has 0 heterocycles. The van der Waals surface area contributed by atoms with E-state index in [0.29, 0.717) is 0 Å². The topological polar surface area (TPSA) is 46.1 Å². The van der Waals surface area contributed by atoms with Crippen molar-refractivity contribution in [3.63, 3.8) is 0 Å². The Bertz CT molecular complexity index is 994. The van der Waals surface area contributed by atoms with Gasteiger partial charge in [0.05, 0.1) is 0 Å². The van der Waals surface area contributed by atoms with E-state index in [0.717, 1.165) is 12.8 Å². The van der Waals surface area contributed by atoms with Crippen LogP contribution in [-0.2, 0) is 25.8 Å². The Morgan fingerprint density at radius 3 is 0.951 bits per heavy atom. The van der Waals surface area contributed by atoms with Crippen molar-refractivity contribution in [2.75, 3.05) is 0 Å². The van der Waals surface area contributed by atoms with Crippen LogP contribution in [0.25, 0.3) is 0 Å². The number of benzene rings is 2. The number of halogens is 10. The van der Waals surface area contributed by atoms with Crippen molar-refractivity contribution in [1.82, 2.24) is 0 Å². The molecule has 4 rings (SSSR count). The molecule has 2 aromatic rings. The summed E-state index contributed by atoms with van der Waals surface area (Å²) in [6, 6.07) is 0. The molecule has 0 N–H and O–H groups in total. The Morgan fingerprint density at radius 1 is 0.512 bits per heavy atom. The van der Waals surface area contributed by atoms with Gasteiger partial charge in [0.15, 0.2) is 58.2 Å². The fourth-order valence-corrected chi connectivity index (χ4v) is 2.95. The molecule has 2 aromatic carbocycles. The summed E-state index contributed by atoms with van der Waals surface area (Å²) in [7, 11) is 0. The molecular weight excluding hydrogens is 737 g/mol. The molecule has 0 spiro atoms. The minimum absolute atomic E-state index is 0. The van der Waals surface area contributed by atoms with Gasteiger partial charge in [-0.05, 0) is 11.5 Å². The Balaban J connectivity index is 0.000000525. The molecule has 2 aliphatic rings. The van der Waals surface area contributed by atoms with Crippen LogP contribution in [0.5, 0.6) is 11.5 Å². The standard InChI is InChI=1S/2C8H11.2C6HF5O.Hf/c2*1-2-5-8-6-3-4-7-8;2*7-1-2(8)4(10)6(12)5(11)3(1)9;/h2*3,6H,2,4-5H2,1H3;2*12H;/q2*-1;;;+4/p-2. The Kier molecular flexibility index (Phi) is 17.3. The van der Waals surface area contributed by atoms with E-state index >= 15 is 0 Å². The number of allylic oxidation sites excluding steroid dienone is 8. The molecule has 0 saturated heterocycles. The first kappa shape index (κ1) is 38.2. The zero-order chi connectivity index (χ0) is 30.6. The average molecular weight is 759 g/mol. The largest absolute Gasteiger partial charge is 4.00 e. The SMILES string of the molecule is CCCC1=[C-]CC=C1.CCCC1=[C-]CC=C1.[Hf+4].[O-]c1c(F)c(F)c(F)c(F)c1F.[O-]c1c(F)c(F)c(F)c(F)c1F. The smallest absolute Gasteiger partial charge is 0.868 e. The molecule has 220 valence electrons. The molecule has 13 heteroatoms. The first-order valence-electron chi connectivity index (χ1n) is 11.7. The quantitative estimate of drug-likeness (QED) is 0.105. The molecule has 41 heavy (non-hydrogen) atoms. The van der Waals surface area contributed by atoms with Crippen LogP contribution in [0.1, 0.15) is 52.4 Å². The summed E-state index contributed by atoms with van der Waals surface area (Å²) in [5.74, 6) is -27.2. The molecule has 2 aliphatic carbocycles. The molecule has 0 unspecified atom stereocenters. The Morgan fingerprint density at radius 2 is 0.756 bits per heavy atom. The summed E-state index contributed by atoms with van der Waals surface area (Å²) >= 11 is 0. The first-order valence-corrected chi connectivity index (χ1v) is 11.7. The summed E-state index contributed by atoms with van der Waals surface area (Å²) in [6.07, 6.45) is 22.2. The van der Waals surface area contributed by atoms with Gasteiger partial charge in [-0.15, -0.1) is 12.8 Å². The van der Waals surface area contributed by atoms with Crippen LogP contribution in [0.15, 0.2) is 35.5 Å². The summed E-state index contributed by atoms with van der Waals surface area (Å²) in [6.45, 7) is 4.39. The van der Waals surface area contributed by atoms with Gasteiger partial charge in [-0.1, -0.05) is 39.5 Å². The first-order chi connectivity index (χ1) is 18.8. The maximum Gasteiger partial charge on any atom is 4.00 e. The van der Waals surface area contributed by atoms with Crippen molar-refractivity contribution in [3.8, 4) is 11.5 Å². The molecule has 0 aromatic heterocycles. The van der Waals surface area contributed by atoms with Crippen LogP contribution in [0.2, 0.25) is 0 Å². The van der Waals surface area contributed by atoms with E-state index in [1.807, 2.05) is 0 Å². The summed E-state index contributed by atoms with van der Waals surface area (Å²) in [5.41, 5.74) is 2.79. The van der Waals surface area contributed by atoms with Crippen LogP contribution >= 0.6 is 0 Å². The molecule has 0 saturated carbocycles. The predicted molar refractivity (Wildman–Crippen MR) is 122 cm³/mol. The monoisotopic (exact) mass is 760 g/mol. The summed E-state index contributed by atoms with van der Waals surface area (Å²) in [5, 5.41) is 20.3. The van der Waals surface area contributed by atoms with Gasteiger partial charge in [-0.3, -0.25) is 12.2 Å². The van der Waals surface area contributed by atoms with Crippen LogP contribution in [0, 0.1) is 70.3 Å². The van der Waals surface area contributed by atoms with Gasteiger partial charge in [0.25, 0.3) is 0 Å². The average Bonchev–Trinajstić information content (AvgIpc) is 3.67. The van der Waals surface area contributed by atoms with E-state index in [2.05, 4.69) is 50.3 Å². The van der Waals surface area contributed by atoms with Crippen molar-refractivity contribution in [2.45, 2.75) is 52.4 Å². The van der Waals surface area contributed by atoms with Crippen molar-refractivity contribution in [3.05, 3.63) is 106 Å². The fraction of sp³-hybridized carbons (Fsp3) is 0.286. The zero-order valence-corrected chi connectivity index (χ0v) is 25.2. The van der Waals surface area contributed by atoms with Crippen molar-refractivity contribution in [2.24, 2.45) is 0 Å². The minimum Gasteiger partial charge on any atom is -0.868 e. The van der Waals surface area contributed by atoms with Gasteiger partial charge in [-0.25, -0.2) is 67.2 Å². The summed E-state index contributed by atoms with van der Waals surface area (Å²) in [4.78, 5) is 0. The van der Waals surface area contributed by atoms with Crippen LogP contribution in [0.3, 0.4) is 0 Å². The molecule has 0 atom stereocenters. The van der Waals surface area contributed by atoms with E-state index in [1.165, 1.54) is 36.8 Å². The van der Waals surface area contributed by atoms with E-state index in [9.17, 15) is 54.1 Å². The van der Waals surface area contributed by atoms with Crippen LogP contribution in [-0.4, -0.2) is 0 Å². The Labute approximate surface area is 249 Å². The normalized spacial score (nSPS) is 12.7. The third-order valence-corrected chi connectivity index (χ3v) is 4.91. The third-order valence-electron chi connectivity index (χ3n) is 4.91. The molecule has 0 amide bonds. The van der Waals surface area contributed by atoms with Gasteiger partial charge >= 0.3 is 25.8 Å². The van der Waals surface area contributed by atoms with Crippen molar-refractivity contribution in [1.29, 1.82) is 0 Å². The van der Waals surface area contributed by atoms with E-state index in [-0.39, 0.29) is 25.8 Å².